The SMILES string of the molecule is NS(=O)(=O)c1ccccc1S(=O)(=O)NC(=O)c1ccc(-c2cc3ccccc3s2)cc1.NS(=O)(=O)c1ccccc1S(=O)(=O)NC(=O)c1ccc(-c2nc3ccccc3s2)cc1. The number of carbonyl (C=O) groups is 2. The minimum absolute atomic E-state index is 0.0847. The van der Waals surface area contributed by atoms with Crippen molar-refractivity contribution in [2.24, 2.45) is 10.3 Å². The summed E-state index contributed by atoms with van der Waals surface area (Å²) >= 11 is 3.11. The highest BCUT2D eigenvalue weighted by Crippen LogP contribution is 2.34. The maximum atomic E-state index is 12.6. The number of nitrogens with two attached hydrogens (primary N) is 2. The van der Waals surface area contributed by atoms with E-state index in [9.17, 15) is 43.3 Å². The van der Waals surface area contributed by atoms with Gasteiger partial charge in [-0.3, -0.25) is 9.59 Å². The first-order valence-corrected chi connectivity index (χ1v) is 25.4. The van der Waals surface area contributed by atoms with Crippen molar-refractivity contribution < 1.29 is 43.3 Å². The van der Waals surface area contributed by atoms with Crippen LogP contribution in [-0.4, -0.2) is 50.5 Å². The number of para-hydroxylation sites is 1. The highest BCUT2D eigenvalue weighted by atomic mass is 32.2. The molecule has 6 N–H and O–H groups in total. The minimum atomic E-state index is -4.47. The summed E-state index contributed by atoms with van der Waals surface area (Å²) in [6, 6.07) is 40.0. The van der Waals surface area contributed by atoms with E-state index in [4.69, 9.17) is 10.3 Å². The Kier molecular flexibility index (Phi) is 12.3. The van der Waals surface area contributed by atoms with Crippen LogP contribution in [0, 0.1) is 0 Å². The molecule has 6 aromatic carbocycles. The van der Waals surface area contributed by atoms with Gasteiger partial charge in [0.25, 0.3) is 31.9 Å². The number of sulfonamides is 4. The van der Waals surface area contributed by atoms with Crippen LogP contribution in [0.1, 0.15) is 20.7 Å². The maximum Gasteiger partial charge on any atom is 0.265 e. The molecule has 0 aliphatic rings. The van der Waals surface area contributed by atoms with Crippen LogP contribution < -0.4 is 19.7 Å². The fourth-order valence-electron chi connectivity index (χ4n) is 5.96. The van der Waals surface area contributed by atoms with Crippen LogP contribution in [0.3, 0.4) is 0 Å². The van der Waals surface area contributed by atoms with Gasteiger partial charge in [-0.15, -0.1) is 22.7 Å². The van der Waals surface area contributed by atoms with E-state index in [1.165, 1.54) is 59.9 Å². The number of rotatable bonds is 10. The third-order valence-corrected chi connectivity index (χ3v) is 16.1. The first-order chi connectivity index (χ1) is 29.3. The topological polar surface area (TPSA) is 260 Å². The Labute approximate surface area is 363 Å². The van der Waals surface area contributed by atoms with E-state index in [1.807, 2.05) is 64.0 Å². The van der Waals surface area contributed by atoms with Crippen molar-refractivity contribution in [3.8, 4) is 21.0 Å². The summed E-state index contributed by atoms with van der Waals surface area (Å²) in [5.74, 6) is -1.79. The number of carbonyl (C=O) groups excluding carboxylic acids is 2. The molecule has 15 nitrogen and oxygen atoms in total. The Morgan fingerprint density at radius 1 is 0.468 bits per heavy atom. The van der Waals surface area contributed by atoms with E-state index in [-0.39, 0.29) is 11.1 Å². The van der Waals surface area contributed by atoms with E-state index in [0.29, 0.717) is 0 Å². The van der Waals surface area contributed by atoms with Crippen molar-refractivity contribution >= 4 is 94.9 Å². The van der Waals surface area contributed by atoms with Crippen LogP contribution in [0.25, 0.3) is 41.3 Å². The Morgan fingerprint density at radius 3 is 1.35 bits per heavy atom. The molecule has 0 unspecified atom stereocenters. The van der Waals surface area contributed by atoms with E-state index >= 15 is 0 Å². The number of benzene rings is 6. The summed E-state index contributed by atoms with van der Waals surface area (Å²) in [5, 5.41) is 12.1. The normalized spacial score (nSPS) is 12.0. The van der Waals surface area contributed by atoms with Crippen LogP contribution in [0.4, 0.5) is 0 Å². The lowest BCUT2D eigenvalue weighted by Crippen LogP contribution is -2.32. The van der Waals surface area contributed by atoms with Crippen LogP contribution >= 0.6 is 22.7 Å². The van der Waals surface area contributed by atoms with Crippen molar-refractivity contribution in [2.75, 3.05) is 0 Å². The average molecular weight is 946 g/mol. The molecule has 2 amide bonds. The molecule has 62 heavy (non-hydrogen) atoms. The second kappa shape index (κ2) is 17.3. The quantitative estimate of drug-likeness (QED) is 0.122. The summed E-state index contributed by atoms with van der Waals surface area (Å²) < 4.78 is 103. The predicted octanol–water partition coefficient (Wildman–Crippen LogP) is 6.06. The van der Waals surface area contributed by atoms with Gasteiger partial charge in [0.15, 0.2) is 0 Å². The molecule has 0 saturated carbocycles. The van der Waals surface area contributed by atoms with Gasteiger partial charge in [-0.25, -0.2) is 58.4 Å². The van der Waals surface area contributed by atoms with Crippen molar-refractivity contribution in [1.29, 1.82) is 0 Å². The molecule has 0 spiro atoms. The molecule has 0 fully saturated rings. The zero-order chi connectivity index (χ0) is 44.5. The highest BCUT2D eigenvalue weighted by Gasteiger charge is 2.27. The average Bonchev–Trinajstić information content (AvgIpc) is 3.88. The summed E-state index contributed by atoms with van der Waals surface area (Å²) in [6.07, 6.45) is 0. The molecule has 0 aliphatic carbocycles. The fourth-order valence-corrected chi connectivity index (χ4v) is 12.7. The van der Waals surface area contributed by atoms with E-state index < -0.39 is 71.5 Å². The number of amides is 2. The Morgan fingerprint density at radius 2 is 0.887 bits per heavy atom. The van der Waals surface area contributed by atoms with Crippen molar-refractivity contribution in [3.05, 3.63) is 163 Å². The molecule has 8 aromatic rings. The molecule has 21 heteroatoms. The lowest BCUT2D eigenvalue weighted by molar-refractivity contribution is 0.0972. The first kappa shape index (κ1) is 43.9. The summed E-state index contributed by atoms with van der Waals surface area (Å²) in [4.78, 5) is 28.2. The standard InChI is InChI=1S/C21H16N2O5S3.C20H15N3O5S3/c22-30(25,26)19-7-3-4-8-20(19)31(27,28)23-21(24)15-11-9-14(10-12-15)18-13-16-5-1-2-6-17(16)29-18;21-30(25,26)17-7-3-4-8-18(17)31(27,28)23-19(24)13-9-11-14(12-10-13)20-22-15-5-1-2-6-16(15)29-20/h1-13H,(H,23,24)(H2,22,25,26);1-12H,(H,23,24)(H2,21,25,26). The van der Waals surface area contributed by atoms with Gasteiger partial charge in [-0.05, 0) is 83.7 Å². The Hall–Kier alpha value is -6.17. The molecular formula is C41H31N5O10S6. The van der Waals surface area contributed by atoms with Crippen LogP contribution in [-0.2, 0) is 40.1 Å². The summed E-state index contributed by atoms with van der Waals surface area (Å²) in [7, 11) is -17.5. The van der Waals surface area contributed by atoms with Gasteiger partial charge in [-0.2, -0.15) is 0 Å². The molecule has 0 atom stereocenters. The molecule has 0 saturated heterocycles. The number of primary sulfonamides is 2. The molecule has 8 rings (SSSR count). The van der Waals surface area contributed by atoms with Crippen LogP contribution in [0.5, 0.6) is 0 Å². The van der Waals surface area contributed by atoms with Crippen LogP contribution in [0.15, 0.2) is 171 Å². The number of thiophene rings is 1. The molecular weight excluding hydrogens is 915 g/mol. The highest BCUT2D eigenvalue weighted by molar-refractivity contribution is 7.93. The number of thiazole rings is 1. The Bertz CT molecular complexity index is 3180. The van der Waals surface area contributed by atoms with Gasteiger partial charge < -0.3 is 0 Å². The summed E-state index contributed by atoms with van der Waals surface area (Å²) in [5.41, 5.74) is 2.73. The molecule has 0 radical (unpaired) electrons. The molecule has 2 heterocycles. The fraction of sp³-hybridized carbons (Fsp3) is 0. The third kappa shape index (κ3) is 9.80. The monoisotopic (exact) mass is 945 g/mol. The lowest BCUT2D eigenvalue weighted by Gasteiger charge is -2.10. The number of nitrogens with one attached hydrogen (secondary N) is 2. The lowest BCUT2D eigenvalue weighted by atomic mass is 10.1. The van der Waals surface area contributed by atoms with E-state index in [1.54, 1.807) is 35.6 Å². The van der Waals surface area contributed by atoms with Crippen LogP contribution in [0.2, 0.25) is 0 Å². The number of nitrogens with zero attached hydrogens (tertiary/aromatic N) is 1. The molecule has 316 valence electrons. The van der Waals surface area contributed by atoms with Gasteiger partial charge in [-0.1, -0.05) is 78.9 Å². The number of hydrogen-bond donors (Lipinski definition) is 4. The van der Waals surface area contributed by atoms with Gasteiger partial charge in [0.05, 0.1) is 10.2 Å². The number of hydrogen-bond acceptors (Lipinski definition) is 13. The van der Waals surface area contributed by atoms with Crippen molar-refractivity contribution in [3.63, 3.8) is 0 Å². The zero-order valence-electron chi connectivity index (χ0n) is 31.6. The molecule has 0 bridgehead atoms. The van der Waals surface area contributed by atoms with Gasteiger partial charge in [0.1, 0.15) is 24.6 Å². The van der Waals surface area contributed by atoms with E-state index in [2.05, 4.69) is 4.98 Å². The van der Waals surface area contributed by atoms with Gasteiger partial charge in [0, 0.05) is 26.3 Å². The van der Waals surface area contributed by atoms with Gasteiger partial charge >= 0.3 is 0 Å². The van der Waals surface area contributed by atoms with E-state index in [0.717, 1.165) is 65.6 Å². The Balaban J connectivity index is 0.000000186. The largest absolute Gasteiger partial charge is 0.268 e. The zero-order valence-corrected chi connectivity index (χ0v) is 36.5. The van der Waals surface area contributed by atoms with Gasteiger partial charge in [0.2, 0.25) is 20.0 Å². The van der Waals surface area contributed by atoms with Crippen molar-refractivity contribution in [2.45, 2.75) is 19.6 Å². The third-order valence-electron chi connectivity index (χ3n) is 8.89. The summed E-state index contributed by atoms with van der Waals surface area (Å²) in [6.45, 7) is 0. The second-order valence-corrected chi connectivity index (χ2v) is 21.6. The smallest absolute Gasteiger partial charge is 0.265 e. The molecule has 0 aliphatic heterocycles. The minimum Gasteiger partial charge on any atom is -0.268 e. The molecule has 2 aromatic heterocycles. The maximum absolute atomic E-state index is 12.6. The van der Waals surface area contributed by atoms with Crippen molar-refractivity contribution in [1.82, 2.24) is 14.4 Å². The second-order valence-electron chi connectivity index (χ2n) is 13.1. The number of aromatic nitrogens is 1. The first-order valence-electron chi connectivity index (χ1n) is 17.7. The number of fused-ring (bicyclic) bond motifs is 2. The predicted molar refractivity (Wildman–Crippen MR) is 237 cm³/mol.